The van der Waals surface area contributed by atoms with E-state index in [0.29, 0.717) is 35.7 Å². The lowest BCUT2D eigenvalue weighted by atomic mass is 10.1. The zero-order valence-corrected chi connectivity index (χ0v) is 17.9. The minimum atomic E-state index is -0.655. The van der Waals surface area contributed by atoms with Gasteiger partial charge < -0.3 is 19.3 Å². The molecule has 1 atom stereocenters. The SMILES string of the molecule is C=CC(=O)OCC(O)CCCCCCOc1ccc(C(=O)Oc2ccc(C#N)cc2)cc1. The molecule has 168 valence electrons. The van der Waals surface area contributed by atoms with Gasteiger partial charge >= 0.3 is 11.9 Å². The molecule has 0 spiro atoms. The number of esters is 2. The molecule has 2 rings (SSSR count). The molecule has 0 aromatic heterocycles. The summed E-state index contributed by atoms with van der Waals surface area (Å²) in [5.41, 5.74) is 0.898. The standard InChI is InChI=1S/C25H27NO6/c1-2-24(28)31-18-21(27)7-5-3-4-6-16-30-22-14-10-20(11-15-22)25(29)32-23-12-8-19(17-26)9-13-23/h2,8-15,21,27H,1,3-7,16,18H2. The molecule has 0 aliphatic rings. The van der Waals surface area contributed by atoms with Crippen LogP contribution in [0.1, 0.15) is 48.0 Å². The number of rotatable bonds is 13. The lowest BCUT2D eigenvalue weighted by molar-refractivity contribution is -0.140. The van der Waals surface area contributed by atoms with Crippen molar-refractivity contribution in [1.82, 2.24) is 0 Å². The van der Waals surface area contributed by atoms with E-state index in [1.807, 2.05) is 6.07 Å². The summed E-state index contributed by atoms with van der Waals surface area (Å²) in [5.74, 6) is 0.0270. The molecule has 1 N–H and O–H groups in total. The number of aliphatic hydroxyl groups excluding tert-OH is 1. The van der Waals surface area contributed by atoms with Crippen LogP contribution in [0.25, 0.3) is 0 Å². The van der Waals surface area contributed by atoms with Gasteiger partial charge in [-0.1, -0.05) is 25.8 Å². The number of carbonyl (C=O) groups excluding carboxylic acids is 2. The summed E-state index contributed by atoms with van der Waals surface area (Å²) in [5, 5.41) is 18.5. The van der Waals surface area contributed by atoms with E-state index in [9.17, 15) is 14.7 Å². The number of unbranched alkanes of at least 4 members (excludes halogenated alkanes) is 3. The number of ether oxygens (including phenoxy) is 3. The maximum absolute atomic E-state index is 12.2. The average Bonchev–Trinajstić information content (AvgIpc) is 2.82. The van der Waals surface area contributed by atoms with Crippen LogP contribution in [0.4, 0.5) is 0 Å². The van der Waals surface area contributed by atoms with Gasteiger partial charge in [0.1, 0.15) is 18.1 Å². The summed E-state index contributed by atoms with van der Waals surface area (Å²) in [7, 11) is 0. The summed E-state index contributed by atoms with van der Waals surface area (Å²) in [4.78, 5) is 23.1. The lowest BCUT2D eigenvalue weighted by Gasteiger charge is -2.10. The van der Waals surface area contributed by atoms with Gasteiger partial charge in [-0.15, -0.1) is 0 Å². The van der Waals surface area contributed by atoms with Gasteiger partial charge in [0.2, 0.25) is 0 Å². The highest BCUT2D eigenvalue weighted by Crippen LogP contribution is 2.17. The molecule has 0 aliphatic heterocycles. The van der Waals surface area contributed by atoms with Crippen LogP contribution in [-0.4, -0.2) is 36.4 Å². The molecule has 1 unspecified atom stereocenters. The fourth-order valence-electron chi connectivity index (χ4n) is 2.80. The van der Waals surface area contributed by atoms with Gasteiger partial charge in [0, 0.05) is 6.08 Å². The second-order valence-corrected chi connectivity index (χ2v) is 7.09. The first-order chi connectivity index (χ1) is 15.5. The van der Waals surface area contributed by atoms with Crippen molar-refractivity contribution in [3.63, 3.8) is 0 Å². The number of hydrogen-bond donors (Lipinski definition) is 1. The smallest absolute Gasteiger partial charge is 0.343 e. The summed E-state index contributed by atoms with van der Waals surface area (Å²) in [6, 6.07) is 15.1. The topological polar surface area (TPSA) is 106 Å². The monoisotopic (exact) mass is 437 g/mol. The zero-order valence-electron chi connectivity index (χ0n) is 17.9. The molecular weight excluding hydrogens is 410 g/mol. The molecule has 0 amide bonds. The van der Waals surface area contributed by atoms with Crippen molar-refractivity contribution >= 4 is 11.9 Å². The molecule has 0 heterocycles. The second-order valence-electron chi connectivity index (χ2n) is 7.09. The highest BCUT2D eigenvalue weighted by molar-refractivity contribution is 5.91. The predicted octanol–water partition coefficient (Wildman–Crippen LogP) is 4.20. The highest BCUT2D eigenvalue weighted by atomic mass is 16.5. The van der Waals surface area contributed by atoms with E-state index in [1.165, 1.54) is 0 Å². The summed E-state index contributed by atoms with van der Waals surface area (Å²) >= 11 is 0. The van der Waals surface area contributed by atoms with E-state index >= 15 is 0 Å². The molecule has 2 aromatic carbocycles. The van der Waals surface area contributed by atoms with Crippen molar-refractivity contribution < 1.29 is 28.9 Å². The summed E-state index contributed by atoms with van der Waals surface area (Å²) in [6.07, 6.45) is 4.59. The quantitative estimate of drug-likeness (QED) is 0.217. The van der Waals surface area contributed by atoms with E-state index < -0.39 is 18.0 Å². The van der Waals surface area contributed by atoms with E-state index in [1.54, 1.807) is 48.5 Å². The van der Waals surface area contributed by atoms with Crippen LogP contribution in [0.5, 0.6) is 11.5 Å². The van der Waals surface area contributed by atoms with Crippen molar-refractivity contribution in [2.24, 2.45) is 0 Å². The molecule has 0 saturated heterocycles. The Kier molecular flexibility index (Phi) is 10.5. The van der Waals surface area contributed by atoms with E-state index in [0.717, 1.165) is 31.8 Å². The Hall–Kier alpha value is -3.63. The van der Waals surface area contributed by atoms with E-state index in [-0.39, 0.29) is 6.61 Å². The van der Waals surface area contributed by atoms with Crippen molar-refractivity contribution in [2.75, 3.05) is 13.2 Å². The fraction of sp³-hybridized carbons (Fsp3) is 0.320. The minimum absolute atomic E-state index is 0.00895. The molecule has 7 nitrogen and oxygen atoms in total. The van der Waals surface area contributed by atoms with Gasteiger partial charge in [-0.2, -0.15) is 5.26 Å². The predicted molar refractivity (Wildman–Crippen MR) is 118 cm³/mol. The molecular formula is C25H27NO6. The van der Waals surface area contributed by atoms with Crippen molar-refractivity contribution in [3.05, 3.63) is 72.3 Å². The molecule has 32 heavy (non-hydrogen) atoms. The minimum Gasteiger partial charge on any atom is -0.494 e. The van der Waals surface area contributed by atoms with Crippen LogP contribution >= 0.6 is 0 Å². The van der Waals surface area contributed by atoms with Gasteiger partial charge in [-0.05, 0) is 61.4 Å². The van der Waals surface area contributed by atoms with Crippen LogP contribution in [0, 0.1) is 11.3 Å². The Labute approximate surface area is 187 Å². The third-order valence-electron chi connectivity index (χ3n) is 4.57. The summed E-state index contributed by atoms with van der Waals surface area (Å²) < 4.78 is 15.8. The van der Waals surface area contributed by atoms with Gasteiger partial charge in [-0.25, -0.2) is 9.59 Å². The van der Waals surface area contributed by atoms with Crippen molar-refractivity contribution in [1.29, 1.82) is 5.26 Å². The van der Waals surface area contributed by atoms with Crippen LogP contribution < -0.4 is 9.47 Å². The van der Waals surface area contributed by atoms with Crippen LogP contribution in [0.15, 0.2) is 61.2 Å². The molecule has 0 fully saturated rings. The number of hydrogen-bond acceptors (Lipinski definition) is 7. The lowest BCUT2D eigenvalue weighted by Crippen LogP contribution is -2.17. The number of nitrogens with zero attached hydrogens (tertiary/aromatic N) is 1. The van der Waals surface area contributed by atoms with Gasteiger partial charge in [0.25, 0.3) is 0 Å². The second kappa shape index (κ2) is 13.6. The van der Waals surface area contributed by atoms with Crippen molar-refractivity contribution in [3.8, 4) is 17.6 Å². The molecule has 0 saturated carbocycles. The Morgan fingerprint density at radius 1 is 1.00 bits per heavy atom. The maximum atomic E-state index is 12.2. The Balaban J connectivity index is 1.60. The largest absolute Gasteiger partial charge is 0.494 e. The first-order valence-corrected chi connectivity index (χ1v) is 10.4. The fourth-order valence-corrected chi connectivity index (χ4v) is 2.80. The van der Waals surface area contributed by atoms with Crippen LogP contribution in [0.2, 0.25) is 0 Å². The number of aliphatic hydroxyl groups is 1. The average molecular weight is 437 g/mol. The Morgan fingerprint density at radius 2 is 1.66 bits per heavy atom. The maximum Gasteiger partial charge on any atom is 0.343 e. The molecule has 0 aliphatic carbocycles. The van der Waals surface area contributed by atoms with Gasteiger partial charge in [0.15, 0.2) is 0 Å². The molecule has 2 aromatic rings. The number of carbonyl (C=O) groups is 2. The Morgan fingerprint density at radius 3 is 2.31 bits per heavy atom. The Bertz CT molecular complexity index is 915. The first-order valence-electron chi connectivity index (χ1n) is 10.4. The van der Waals surface area contributed by atoms with Gasteiger partial charge in [-0.3, -0.25) is 0 Å². The highest BCUT2D eigenvalue weighted by Gasteiger charge is 2.09. The first kappa shape index (κ1) is 24.6. The van der Waals surface area contributed by atoms with Crippen LogP contribution in [-0.2, 0) is 9.53 Å². The van der Waals surface area contributed by atoms with E-state index in [4.69, 9.17) is 19.5 Å². The van der Waals surface area contributed by atoms with E-state index in [2.05, 4.69) is 6.58 Å². The van der Waals surface area contributed by atoms with Crippen molar-refractivity contribution in [2.45, 2.75) is 38.2 Å². The third-order valence-corrected chi connectivity index (χ3v) is 4.57. The number of benzene rings is 2. The molecule has 0 radical (unpaired) electrons. The van der Waals surface area contributed by atoms with Crippen LogP contribution in [0.3, 0.4) is 0 Å². The van der Waals surface area contributed by atoms with Gasteiger partial charge in [0.05, 0.1) is 29.9 Å². The molecule has 0 bridgehead atoms. The third kappa shape index (κ3) is 9.02. The molecule has 7 heteroatoms. The zero-order chi connectivity index (χ0) is 23.2. The summed E-state index contributed by atoms with van der Waals surface area (Å²) in [6.45, 7) is 3.84. The number of nitriles is 1. The normalized spacial score (nSPS) is 11.1.